The summed E-state index contributed by atoms with van der Waals surface area (Å²) in [6.07, 6.45) is 4.37. The second kappa shape index (κ2) is 10.0. The van der Waals surface area contributed by atoms with Crippen molar-refractivity contribution in [3.05, 3.63) is 39.8 Å². The molecule has 1 aliphatic rings. The van der Waals surface area contributed by atoms with Crippen molar-refractivity contribution in [2.75, 3.05) is 13.7 Å². The van der Waals surface area contributed by atoms with Gasteiger partial charge in [-0.05, 0) is 43.7 Å². The molecular formula is C24H27ClIN3O4. The zero-order chi connectivity index (χ0) is 23.7. The standard InChI is InChI=1S/C24H27ClIN3O4/c1-14(30)33-12-6-7-15-16-9-10-17(25)20(22(16)28(2)23(15)24(31)32-3)21-18(13-26)27-29-11-5-4-8-19(21)29/h9-10H,4-8,11-13H2,1-3H3. The van der Waals surface area contributed by atoms with Crippen molar-refractivity contribution in [2.45, 2.75) is 50.0 Å². The summed E-state index contributed by atoms with van der Waals surface area (Å²) >= 11 is 9.20. The Bertz CT molecular complexity index is 1230. The lowest BCUT2D eigenvalue weighted by Crippen LogP contribution is -2.12. The third-order valence-electron chi connectivity index (χ3n) is 6.20. The number of carbonyl (C=O) groups excluding carboxylic acids is 2. The molecule has 1 aliphatic heterocycles. The van der Waals surface area contributed by atoms with Crippen LogP contribution in [0.15, 0.2) is 12.1 Å². The third-order valence-corrected chi connectivity index (χ3v) is 7.24. The number of aromatic nitrogens is 3. The Kier molecular flexibility index (Phi) is 7.33. The van der Waals surface area contributed by atoms with Gasteiger partial charge in [0.25, 0.3) is 0 Å². The van der Waals surface area contributed by atoms with Crippen LogP contribution in [0, 0.1) is 0 Å². The van der Waals surface area contributed by atoms with Gasteiger partial charge in [-0.3, -0.25) is 9.48 Å². The highest BCUT2D eigenvalue weighted by molar-refractivity contribution is 14.1. The van der Waals surface area contributed by atoms with Crippen molar-refractivity contribution in [1.29, 1.82) is 0 Å². The van der Waals surface area contributed by atoms with E-state index in [2.05, 4.69) is 27.3 Å². The molecule has 0 atom stereocenters. The van der Waals surface area contributed by atoms with Gasteiger partial charge in [-0.15, -0.1) is 0 Å². The molecule has 0 bridgehead atoms. The number of fused-ring (bicyclic) bond motifs is 2. The Balaban J connectivity index is 1.95. The maximum absolute atomic E-state index is 12.8. The highest BCUT2D eigenvalue weighted by Gasteiger charge is 2.29. The summed E-state index contributed by atoms with van der Waals surface area (Å²) in [6.45, 7) is 2.60. The smallest absolute Gasteiger partial charge is 0.354 e. The Morgan fingerprint density at radius 3 is 2.73 bits per heavy atom. The first-order valence-electron chi connectivity index (χ1n) is 11.0. The first kappa shape index (κ1) is 24.1. The largest absolute Gasteiger partial charge is 0.466 e. The molecule has 9 heteroatoms. The number of ether oxygens (including phenoxy) is 2. The lowest BCUT2D eigenvalue weighted by molar-refractivity contribution is -0.141. The van der Waals surface area contributed by atoms with E-state index in [1.165, 1.54) is 19.7 Å². The number of rotatable bonds is 7. The number of carbonyl (C=O) groups is 2. The SMILES string of the molecule is COC(=O)c1c(CCCOC(C)=O)c2ccc(Cl)c(-c3c(CI)nn4c3CCCC4)c2n1C. The van der Waals surface area contributed by atoms with Crippen LogP contribution >= 0.6 is 34.2 Å². The summed E-state index contributed by atoms with van der Waals surface area (Å²) in [5.74, 6) is -0.711. The summed E-state index contributed by atoms with van der Waals surface area (Å²) in [5.41, 5.74) is 6.50. The Labute approximate surface area is 211 Å². The van der Waals surface area contributed by atoms with E-state index in [9.17, 15) is 9.59 Å². The van der Waals surface area contributed by atoms with Gasteiger partial charge in [-0.2, -0.15) is 5.10 Å². The zero-order valence-corrected chi connectivity index (χ0v) is 22.0. The first-order valence-corrected chi connectivity index (χ1v) is 13.0. The van der Waals surface area contributed by atoms with Crippen LogP contribution in [0.5, 0.6) is 0 Å². The van der Waals surface area contributed by atoms with Gasteiger partial charge >= 0.3 is 11.9 Å². The normalized spacial score (nSPS) is 13.2. The van der Waals surface area contributed by atoms with Gasteiger partial charge in [-0.1, -0.05) is 40.3 Å². The van der Waals surface area contributed by atoms with Crippen molar-refractivity contribution in [1.82, 2.24) is 14.3 Å². The summed E-state index contributed by atoms with van der Waals surface area (Å²) < 4.78 is 15.0. The van der Waals surface area contributed by atoms with Gasteiger partial charge < -0.3 is 14.0 Å². The predicted octanol–water partition coefficient (Wildman–Crippen LogP) is 5.25. The summed E-state index contributed by atoms with van der Waals surface area (Å²) in [6, 6.07) is 3.87. The van der Waals surface area contributed by atoms with Crippen LogP contribution in [0.1, 0.15) is 53.6 Å². The molecule has 33 heavy (non-hydrogen) atoms. The minimum absolute atomic E-state index is 0.294. The number of alkyl halides is 1. The molecular weight excluding hydrogens is 557 g/mol. The molecule has 7 nitrogen and oxygen atoms in total. The monoisotopic (exact) mass is 583 g/mol. The molecule has 0 amide bonds. The average Bonchev–Trinajstić information content (AvgIpc) is 3.31. The molecule has 0 aliphatic carbocycles. The van der Waals surface area contributed by atoms with Crippen LogP contribution in [0.4, 0.5) is 0 Å². The van der Waals surface area contributed by atoms with Gasteiger partial charge in [0.05, 0.1) is 29.9 Å². The Morgan fingerprint density at radius 2 is 2.03 bits per heavy atom. The van der Waals surface area contributed by atoms with Gasteiger partial charge in [0.2, 0.25) is 0 Å². The van der Waals surface area contributed by atoms with E-state index >= 15 is 0 Å². The Morgan fingerprint density at radius 1 is 1.24 bits per heavy atom. The van der Waals surface area contributed by atoms with Crippen molar-refractivity contribution in [3.8, 4) is 11.1 Å². The second-order valence-electron chi connectivity index (χ2n) is 8.22. The number of methoxy groups -OCH3 is 1. The molecule has 3 aromatic rings. The summed E-state index contributed by atoms with van der Waals surface area (Å²) in [5, 5.41) is 6.47. The van der Waals surface area contributed by atoms with E-state index in [1.54, 1.807) is 0 Å². The Hall–Kier alpha value is -2.07. The number of hydrogen-bond donors (Lipinski definition) is 0. The van der Waals surface area contributed by atoms with E-state index in [-0.39, 0.29) is 5.97 Å². The van der Waals surface area contributed by atoms with Crippen molar-refractivity contribution in [2.24, 2.45) is 7.05 Å². The van der Waals surface area contributed by atoms with Gasteiger partial charge in [-0.25, -0.2) is 4.79 Å². The van der Waals surface area contributed by atoms with Crippen LogP contribution in [-0.2, 0) is 45.1 Å². The average molecular weight is 584 g/mol. The fourth-order valence-corrected chi connectivity index (χ4v) is 5.62. The third kappa shape index (κ3) is 4.39. The minimum atomic E-state index is -0.399. The van der Waals surface area contributed by atoms with E-state index in [1.807, 2.05) is 23.7 Å². The molecule has 0 N–H and O–H groups in total. The summed E-state index contributed by atoms with van der Waals surface area (Å²) in [7, 11) is 3.27. The van der Waals surface area contributed by atoms with E-state index in [4.69, 9.17) is 26.2 Å². The van der Waals surface area contributed by atoms with Crippen molar-refractivity contribution in [3.63, 3.8) is 0 Å². The lowest BCUT2D eigenvalue weighted by atomic mass is 9.95. The second-order valence-corrected chi connectivity index (χ2v) is 9.39. The number of esters is 2. The maximum atomic E-state index is 12.8. The van der Waals surface area contributed by atoms with Gasteiger partial charge in [0.15, 0.2) is 0 Å². The highest BCUT2D eigenvalue weighted by atomic mass is 127. The maximum Gasteiger partial charge on any atom is 0.354 e. The molecule has 176 valence electrons. The highest BCUT2D eigenvalue weighted by Crippen LogP contribution is 2.43. The fraction of sp³-hybridized carbons (Fsp3) is 0.458. The molecule has 4 rings (SSSR count). The predicted molar refractivity (Wildman–Crippen MR) is 136 cm³/mol. The number of benzene rings is 1. The van der Waals surface area contributed by atoms with Gasteiger partial charge in [0.1, 0.15) is 5.69 Å². The molecule has 0 radical (unpaired) electrons. The molecule has 2 aromatic heterocycles. The van der Waals surface area contributed by atoms with Crippen LogP contribution in [0.3, 0.4) is 0 Å². The quantitative estimate of drug-likeness (QED) is 0.164. The number of nitrogens with zero attached hydrogens (tertiary/aromatic N) is 3. The van der Waals surface area contributed by atoms with Crippen LogP contribution < -0.4 is 0 Å². The molecule has 0 unspecified atom stereocenters. The molecule has 0 saturated heterocycles. The zero-order valence-electron chi connectivity index (χ0n) is 19.0. The molecule has 0 saturated carbocycles. The van der Waals surface area contributed by atoms with E-state index in [0.717, 1.165) is 63.5 Å². The number of aryl methyl sites for hydroxylation is 3. The van der Waals surface area contributed by atoms with Crippen LogP contribution in [0.25, 0.3) is 22.0 Å². The fourth-order valence-electron chi connectivity index (χ4n) is 4.84. The number of hydrogen-bond acceptors (Lipinski definition) is 5. The topological polar surface area (TPSA) is 75.4 Å². The van der Waals surface area contributed by atoms with E-state index < -0.39 is 5.97 Å². The summed E-state index contributed by atoms with van der Waals surface area (Å²) in [4.78, 5) is 24.0. The molecule has 0 fully saturated rings. The van der Waals surface area contributed by atoms with Crippen LogP contribution in [-0.4, -0.2) is 40.0 Å². The van der Waals surface area contributed by atoms with Crippen LogP contribution in [0.2, 0.25) is 5.02 Å². The molecule has 0 spiro atoms. The molecule has 1 aromatic carbocycles. The van der Waals surface area contributed by atoms with Gasteiger partial charge in [0, 0.05) is 47.2 Å². The first-order chi connectivity index (χ1) is 15.9. The minimum Gasteiger partial charge on any atom is -0.466 e. The van der Waals surface area contributed by atoms with Crippen molar-refractivity contribution >= 4 is 57.0 Å². The number of halogens is 2. The lowest BCUT2D eigenvalue weighted by Gasteiger charge is -2.16. The van der Waals surface area contributed by atoms with Crippen molar-refractivity contribution < 1.29 is 19.1 Å². The molecule has 3 heterocycles. The van der Waals surface area contributed by atoms with E-state index in [0.29, 0.717) is 30.2 Å².